The third kappa shape index (κ3) is 5.47. The molecule has 0 aromatic heterocycles. The third-order valence-corrected chi connectivity index (χ3v) is 3.06. The van der Waals surface area contributed by atoms with E-state index in [0.717, 1.165) is 6.54 Å². The summed E-state index contributed by atoms with van der Waals surface area (Å²) >= 11 is 0. The van der Waals surface area contributed by atoms with Crippen molar-refractivity contribution in [2.75, 3.05) is 19.7 Å². The zero-order valence-corrected chi connectivity index (χ0v) is 10.1. The third-order valence-electron chi connectivity index (χ3n) is 3.06. The van der Waals surface area contributed by atoms with E-state index < -0.39 is 5.97 Å². The average molecular weight is 229 g/mol. The Bertz CT molecular complexity index is 202. The fourth-order valence-electron chi connectivity index (χ4n) is 1.94. The van der Waals surface area contributed by atoms with E-state index in [-0.39, 0.29) is 5.92 Å². The maximum absolute atomic E-state index is 10.5. The highest BCUT2D eigenvalue weighted by Crippen LogP contribution is 2.19. The molecule has 1 aliphatic rings. The highest BCUT2D eigenvalue weighted by atomic mass is 16.5. The van der Waals surface area contributed by atoms with Crippen molar-refractivity contribution in [2.45, 2.75) is 45.1 Å². The van der Waals surface area contributed by atoms with Gasteiger partial charge in [0.15, 0.2) is 0 Å². The Kier molecular flexibility index (Phi) is 6.42. The van der Waals surface area contributed by atoms with E-state index >= 15 is 0 Å². The van der Waals surface area contributed by atoms with Crippen molar-refractivity contribution in [3.05, 3.63) is 0 Å². The molecular weight excluding hydrogens is 206 g/mol. The molecule has 1 saturated carbocycles. The number of nitrogens with one attached hydrogen (secondary N) is 1. The summed E-state index contributed by atoms with van der Waals surface area (Å²) in [4.78, 5) is 10.5. The number of carboxylic acids is 1. The number of carboxylic acid groups (broad SMARTS) is 1. The minimum Gasteiger partial charge on any atom is -0.481 e. The summed E-state index contributed by atoms with van der Waals surface area (Å²) < 4.78 is 5.72. The van der Waals surface area contributed by atoms with Crippen molar-refractivity contribution in [3.63, 3.8) is 0 Å². The molecule has 1 fully saturated rings. The van der Waals surface area contributed by atoms with Gasteiger partial charge in [0.25, 0.3) is 0 Å². The van der Waals surface area contributed by atoms with Crippen LogP contribution in [0.2, 0.25) is 0 Å². The molecule has 1 aliphatic carbocycles. The van der Waals surface area contributed by atoms with Crippen molar-refractivity contribution in [1.29, 1.82) is 0 Å². The Morgan fingerprint density at radius 1 is 1.44 bits per heavy atom. The average Bonchev–Trinajstić information content (AvgIpc) is 2.29. The molecule has 94 valence electrons. The van der Waals surface area contributed by atoms with Crippen LogP contribution < -0.4 is 5.32 Å². The lowest BCUT2D eigenvalue weighted by atomic mass is 9.98. The van der Waals surface area contributed by atoms with Gasteiger partial charge in [0.2, 0.25) is 0 Å². The van der Waals surface area contributed by atoms with E-state index in [0.29, 0.717) is 19.3 Å². The van der Waals surface area contributed by atoms with Crippen molar-refractivity contribution in [3.8, 4) is 0 Å². The zero-order valence-electron chi connectivity index (χ0n) is 10.1. The molecular formula is C12H23NO3. The molecule has 0 spiro atoms. The van der Waals surface area contributed by atoms with Gasteiger partial charge >= 0.3 is 5.97 Å². The van der Waals surface area contributed by atoms with Gasteiger partial charge in [-0.2, -0.15) is 0 Å². The van der Waals surface area contributed by atoms with Crippen LogP contribution in [0.15, 0.2) is 0 Å². The van der Waals surface area contributed by atoms with Gasteiger partial charge in [0.1, 0.15) is 0 Å². The number of rotatable bonds is 7. The molecule has 0 bridgehead atoms. The second-order valence-corrected chi connectivity index (χ2v) is 4.57. The minimum atomic E-state index is -0.749. The van der Waals surface area contributed by atoms with Crippen LogP contribution in [-0.2, 0) is 9.53 Å². The summed E-state index contributed by atoms with van der Waals surface area (Å²) in [7, 11) is 0. The van der Waals surface area contributed by atoms with Crippen LogP contribution >= 0.6 is 0 Å². The molecule has 4 heteroatoms. The predicted octanol–water partition coefficient (Wildman–Crippen LogP) is 1.65. The second-order valence-electron chi connectivity index (χ2n) is 4.57. The van der Waals surface area contributed by atoms with Gasteiger partial charge in [-0.15, -0.1) is 0 Å². The summed E-state index contributed by atoms with van der Waals surface area (Å²) in [5.41, 5.74) is 0. The molecule has 1 rings (SSSR count). The van der Waals surface area contributed by atoms with Crippen LogP contribution in [0, 0.1) is 5.92 Å². The molecule has 0 amide bonds. The van der Waals surface area contributed by atoms with Gasteiger partial charge < -0.3 is 15.2 Å². The fourth-order valence-corrected chi connectivity index (χ4v) is 1.94. The summed E-state index contributed by atoms with van der Waals surface area (Å²) in [6.45, 7) is 3.66. The molecule has 0 saturated heterocycles. The lowest BCUT2D eigenvalue weighted by molar-refractivity contribution is -0.140. The molecule has 0 heterocycles. The van der Waals surface area contributed by atoms with Crippen LogP contribution in [0.3, 0.4) is 0 Å². The number of ether oxygens (including phenoxy) is 1. The number of carbonyl (C=O) groups is 1. The van der Waals surface area contributed by atoms with Crippen LogP contribution in [0.4, 0.5) is 0 Å². The Hall–Kier alpha value is -0.610. The topological polar surface area (TPSA) is 58.6 Å². The van der Waals surface area contributed by atoms with Crippen molar-refractivity contribution < 1.29 is 14.6 Å². The normalized spacial score (nSPS) is 19.6. The Morgan fingerprint density at radius 3 is 2.75 bits per heavy atom. The summed E-state index contributed by atoms with van der Waals surface area (Å²) in [5.74, 6) is -1.07. The first-order valence-corrected chi connectivity index (χ1v) is 6.25. The van der Waals surface area contributed by atoms with E-state index in [4.69, 9.17) is 9.84 Å². The highest BCUT2D eigenvalue weighted by molar-refractivity contribution is 5.69. The lowest BCUT2D eigenvalue weighted by Crippen LogP contribution is -2.30. The summed E-state index contributed by atoms with van der Waals surface area (Å²) in [5, 5.41) is 11.8. The van der Waals surface area contributed by atoms with E-state index in [1.54, 1.807) is 6.92 Å². The van der Waals surface area contributed by atoms with Crippen molar-refractivity contribution >= 4 is 5.97 Å². The second kappa shape index (κ2) is 7.63. The van der Waals surface area contributed by atoms with E-state index in [2.05, 4.69) is 5.32 Å². The number of aliphatic carboxylic acids is 1. The van der Waals surface area contributed by atoms with Gasteiger partial charge in [-0.1, -0.05) is 26.2 Å². The van der Waals surface area contributed by atoms with Gasteiger partial charge in [0.05, 0.1) is 18.6 Å². The maximum Gasteiger partial charge on any atom is 0.307 e. The van der Waals surface area contributed by atoms with Crippen molar-refractivity contribution in [1.82, 2.24) is 5.32 Å². The monoisotopic (exact) mass is 229 g/mol. The Morgan fingerprint density at radius 2 is 2.12 bits per heavy atom. The summed E-state index contributed by atoms with van der Waals surface area (Å²) in [6.07, 6.45) is 6.72. The highest BCUT2D eigenvalue weighted by Gasteiger charge is 2.13. The molecule has 0 radical (unpaired) electrons. The number of hydrogen-bond acceptors (Lipinski definition) is 3. The molecule has 0 aliphatic heterocycles. The van der Waals surface area contributed by atoms with Crippen LogP contribution in [0.1, 0.15) is 39.0 Å². The molecule has 16 heavy (non-hydrogen) atoms. The Balaban J connectivity index is 1.93. The first-order valence-electron chi connectivity index (χ1n) is 6.25. The summed E-state index contributed by atoms with van der Waals surface area (Å²) in [6, 6.07) is 0. The predicted molar refractivity (Wildman–Crippen MR) is 62.5 cm³/mol. The van der Waals surface area contributed by atoms with Crippen molar-refractivity contribution in [2.24, 2.45) is 5.92 Å². The first kappa shape index (κ1) is 13.5. The molecule has 1 unspecified atom stereocenters. The lowest BCUT2D eigenvalue weighted by Gasteiger charge is -2.22. The zero-order chi connectivity index (χ0) is 11.8. The van der Waals surface area contributed by atoms with E-state index in [1.807, 2.05) is 0 Å². The van der Waals surface area contributed by atoms with Gasteiger partial charge in [-0.05, 0) is 12.8 Å². The van der Waals surface area contributed by atoms with Crippen LogP contribution in [0.5, 0.6) is 0 Å². The van der Waals surface area contributed by atoms with E-state index in [9.17, 15) is 4.79 Å². The number of hydrogen-bond donors (Lipinski definition) is 2. The molecule has 4 nitrogen and oxygen atoms in total. The largest absolute Gasteiger partial charge is 0.481 e. The smallest absolute Gasteiger partial charge is 0.307 e. The van der Waals surface area contributed by atoms with Gasteiger partial charge in [-0.3, -0.25) is 4.79 Å². The molecule has 2 N–H and O–H groups in total. The van der Waals surface area contributed by atoms with Crippen LogP contribution in [0.25, 0.3) is 0 Å². The van der Waals surface area contributed by atoms with Gasteiger partial charge in [-0.25, -0.2) is 0 Å². The maximum atomic E-state index is 10.5. The minimum absolute atomic E-state index is 0.324. The molecule has 0 aromatic rings. The quantitative estimate of drug-likeness (QED) is 0.652. The SMILES string of the molecule is CC(CNCCOC1CCCCC1)C(=O)O. The Labute approximate surface area is 97.4 Å². The first-order chi connectivity index (χ1) is 7.70. The van der Waals surface area contributed by atoms with Crippen LogP contribution in [-0.4, -0.2) is 36.9 Å². The molecule has 1 atom stereocenters. The fraction of sp³-hybridized carbons (Fsp3) is 0.917. The standard InChI is InChI=1S/C12H23NO3/c1-10(12(14)15)9-13-7-8-16-11-5-3-2-4-6-11/h10-11,13H,2-9H2,1H3,(H,14,15). The molecule has 0 aromatic carbocycles. The van der Waals surface area contributed by atoms with Gasteiger partial charge in [0, 0.05) is 13.1 Å². The van der Waals surface area contributed by atoms with E-state index in [1.165, 1.54) is 32.1 Å².